The molecule has 4 rings (SSSR count). The first-order valence-corrected chi connectivity index (χ1v) is 7.94. The summed E-state index contributed by atoms with van der Waals surface area (Å²) in [6, 6.07) is 7.49. The molecule has 3 N–H and O–H groups in total. The predicted molar refractivity (Wildman–Crippen MR) is 77.5 cm³/mol. The lowest BCUT2D eigenvalue weighted by atomic mass is 9.84. The largest absolute Gasteiger partial charge is 0.271 e. The van der Waals surface area contributed by atoms with Gasteiger partial charge in [0.2, 0.25) is 0 Å². The quantitative estimate of drug-likeness (QED) is 0.627. The molecule has 0 aliphatic heterocycles. The van der Waals surface area contributed by atoms with Crippen molar-refractivity contribution < 1.29 is 0 Å². The maximum atomic E-state index is 5.93. The van der Waals surface area contributed by atoms with Crippen LogP contribution in [0.15, 0.2) is 18.2 Å². The van der Waals surface area contributed by atoms with E-state index in [1.54, 1.807) is 11.1 Å². The lowest BCUT2D eigenvalue weighted by molar-refractivity contribution is 0.290. The van der Waals surface area contributed by atoms with Crippen molar-refractivity contribution >= 4 is 0 Å². The number of hydrogen-bond acceptors (Lipinski definition) is 2. The van der Waals surface area contributed by atoms with Crippen molar-refractivity contribution in [2.75, 3.05) is 0 Å². The van der Waals surface area contributed by atoms with Crippen molar-refractivity contribution in [3.8, 4) is 0 Å². The van der Waals surface area contributed by atoms with Crippen LogP contribution in [0.25, 0.3) is 0 Å². The van der Waals surface area contributed by atoms with Crippen LogP contribution in [0.2, 0.25) is 0 Å². The Bertz CT molecular complexity index is 462. The van der Waals surface area contributed by atoms with Gasteiger partial charge in [-0.25, -0.2) is 0 Å². The third-order valence-corrected chi connectivity index (χ3v) is 5.38. The zero-order chi connectivity index (χ0) is 12.8. The van der Waals surface area contributed by atoms with Crippen molar-refractivity contribution in [2.24, 2.45) is 23.6 Å². The summed E-state index contributed by atoms with van der Waals surface area (Å²) in [5.74, 6) is 8.58. The SMILES string of the molecule is NNC(c1ccc2c(c1)CCC2)C(C1CC1)C1CC1. The zero-order valence-electron chi connectivity index (χ0n) is 11.6. The molecule has 1 atom stereocenters. The molecule has 3 aliphatic carbocycles. The number of benzene rings is 1. The Kier molecular flexibility index (Phi) is 2.89. The molecule has 1 aromatic carbocycles. The van der Waals surface area contributed by atoms with Gasteiger partial charge in [-0.3, -0.25) is 11.3 Å². The summed E-state index contributed by atoms with van der Waals surface area (Å²) in [6.45, 7) is 0. The maximum Gasteiger partial charge on any atom is 0.0493 e. The number of nitrogens with two attached hydrogens (primary N) is 1. The van der Waals surface area contributed by atoms with Gasteiger partial charge in [0.1, 0.15) is 0 Å². The number of aryl methyl sites for hydroxylation is 2. The van der Waals surface area contributed by atoms with E-state index in [0.29, 0.717) is 6.04 Å². The third-order valence-electron chi connectivity index (χ3n) is 5.38. The Morgan fingerprint density at radius 3 is 2.32 bits per heavy atom. The number of fused-ring (bicyclic) bond motifs is 1. The van der Waals surface area contributed by atoms with Crippen molar-refractivity contribution in [2.45, 2.75) is 51.0 Å². The van der Waals surface area contributed by atoms with Crippen LogP contribution in [0.1, 0.15) is 54.8 Å². The second-order valence-electron chi connectivity index (χ2n) is 6.78. The predicted octanol–water partition coefficient (Wildman–Crippen LogP) is 3.12. The van der Waals surface area contributed by atoms with Gasteiger partial charge in [-0.05, 0) is 79.4 Å². The number of nitrogens with one attached hydrogen (secondary N) is 1. The zero-order valence-corrected chi connectivity index (χ0v) is 11.6. The highest BCUT2D eigenvalue weighted by Gasteiger charge is 2.45. The Morgan fingerprint density at radius 1 is 1.00 bits per heavy atom. The number of hydrazine groups is 1. The molecule has 1 aromatic rings. The molecular formula is C17H24N2. The van der Waals surface area contributed by atoms with E-state index in [1.165, 1.54) is 50.5 Å². The first-order valence-electron chi connectivity index (χ1n) is 7.94. The average Bonchev–Trinajstić information content (AvgIpc) is 3.34. The highest BCUT2D eigenvalue weighted by atomic mass is 15.2. The molecule has 0 amide bonds. The minimum absolute atomic E-state index is 0.380. The van der Waals surface area contributed by atoms with Gasteiger partial charge in [-0.15, -0.1) is 0 Å². The fourth-order valence-corrected chi connectivity index (χ4v) is 4.11. The first kappa shape index (κ1) is 11.9. The fraction of sp³-hybridized carbons (Fsp3) is 0.647. The molecule has 2 fully saturated rings. The second-order valence-corrected chi connectivity index (χ2v) is 6.78. The van der Waals surface area contributed by atoms with E-state index in [2.05, 4.69) is 23.6 Å². The van der Waals surface area contributed by atoms with Gasteiger partial charge < -0.3 is 0 Å². The molecule has 1 unspecified atom stereocenters. The van der Waals surface area contributed by atoms with Crippen molar-refractivity contribution in [3.05, 3.63) is 34.9 Å². The average molecular weight is 256 g/mol. The van der Waals surface area contributed by atoms with Crippen LogP contribution in [0.4, 0.5) is 0 Å². The van der Waals surface area contributed by atoms with E-state index in [9.17, 15) is 0 Å². The van der Waals surface area contributed by atoms with Gasteiger partial charge in [-0.1, -0.05) is 18.2 Å². The smallest absolute Gasteiger partial charge is 0.0493 e. The third kappa shape index (κ3) is 2.21. The molecule has 102 valence electrons. The van der Waals surface area contributed by atoms with Crippen LogP contribution < -0.4 is 11.3 Å². The summed E-state index contributed by atoms with van der Waals surface area (Å²) in [5.41, 5.74) is 7.73. The Hall–Kier alpha value is -0.860. The molecule has 0 spiro atoms. The van der Waals surface area contributed by atoms with Crippen LogP contribution in [0, 0.1) is 17.8 Å². The molecule has 19 heavy (non-hydrogen) atoms. The summed E-state index contributed by atoms with van der Waals surface area (Å²) >= 11 is 0. The molecule has 2 heteroatoms. The molecule has 3 aliphatic rings. The lowest BCUT2D eigenvalue weighted by Gasteiger charge is -2.27. The van der Waals surface area contributed by atoms with Crippen LogP contribution in [-0.2, 0) is 12.8 Å². The van der Waals surface area contributed by atoms with E-state index < -0.39 is 0 Å². The Labute approximate surface area is 115 Å². The van der Waals surface area contributed by atoms with Gasteiger partial charge in [0.05, 0.1) is 0 Å². The van der Waals surface area contributed by atoms with E-state index >= 15 is 0 Å². The van der Waals surface area contributed by atoms with E-state index in [0.717, 1.165) is 17.8 Å². The Morgan fingerprint density at radius 2 is 1.68 bits per heavy atom. The van der Waals surface area contributed by atoms with Crippen molar-refractivity contribution in [1.82, 2.24) is 5.43 Å². The molecular weight excluding hydrogens is 232 g/mol. The monoisotopic (exact) mass is 256 g/mol. The van der Waals surface area contributed by atoms with Crippen molar-refractivity contribution in [1.29, 1.82) is 0 Å². The minimum atomic E-state index is 0.380. The summed E-state index contributed by atoms with van der Waals surface area (Å²) in [6.07, 6.45) is 9.54. The molecule has 0 heterocycles. The van der Waals surface area contributed by atoms with Crippen LogP contribution in [0.5, 0.6) is 0 Å². The highest BCUT2D eigenvalue weighted by Crippen LogP contribution is 2.54. The normalized spacial score (nSPS) is 23.7. The van der Waals surface area contributed by atoms with Gasteiger partial charge in [0.25, 0.3) is 0 Å². The van der Waals surface area contributed by atoms with Crippen LogP contribution in [0.3, 0.4) is 0 Å². The first-order chi connectivity index (χ1) is 9.36. The molecule has 2 saturated carbocycles. The summed E-state index contributed by atoms with van der Waals surface area (Å²) in [4.78, 5) is 0. The summed E-state index contributed by atoms with van der Waals surface area (Å²) in [7, 11) is 0. The highest BCUT2D eigenvalue weighted by molar-refractivity contribution is 5.37. The van der Waals surface area contributed by atoms with Gasteiger partial charge >= 0.3 is 0 Å². The molecule has 0 aromatic heterocycles. The van der Waals surface area contributed by atoms with Crippen LogP contribution in [-0.4, -0.2) is 0 Å². The molecule has 0 saturated heterocycles. The Balaban J connectivity index is 1.63. The second kappa shape index (κ2) is 4.60. The van der Waals surface area contributed by atoms with Gasteiger partial charge in [0, 0.05) is 6.04 Å². The summed E-state index contributed by atoms with van der Waals surface area (Å²) < 4.78 is 0. The van der Waals surface area contributed by atoms with E-state index in [1.807, 2.05) is 0 Å². The van der Waals surface area contributed by atoms with Crippen molar-refractivity contribution in [3.63, 3.8) is 0 Å². The summed E-state index contributed by atoms with van der Waals surface area (Å²) in [5, 5.41) is 0. The number of rotatable bonds is 5. The van der Waals surface area contributed by atoms with Gasteiger partial charge in [-0.2, -0.15) is 0 Å². The van der Waals surface area contributed by atoms with E-state index in [4.69, 9.17) is 5.84 Å². The fourth-order valence-electron chi connectivity index (χ4n) is 4.11. The molecule has 2 nitrogen and oxygen atoms in total. The van der Waals surface area contributed by atoms with Gasteiger partial charge in [0.15, 0.2) is 0 Å². The maximum absolute atomic E-state index is 5.93. The number of hydrogen-bond donors (Lipinski definition) is 2. The van der Waals surface area contributed by atoms with Crippen LogP contribution >= 0.6 is 0 Å². The minimum Gasteiger partial charge on any atom is -0.271 e. The molecule has 0 bridgehead atoms. The van der Waals surface area contributed by atoms with E-state index in [-0.39, 0.29) is 0 Å². The molecule has 0 radical (unpaired) electrons. The standard InChI is InChI=1S/C17H24N2/c18-19-17(16(12-5-6-12)13-7-8-13)15-9-4-11-2-1-3-14(11)10-15/h4,9-10,12-13,16-17,19H,1-3,5-8,18H2. The lowest BCUT2D eigenvalue weighted by Crippen LogP contribution is -2.35. The topological polar surface area (TPSA) is 38.0 Å².